The van der Waals surface area contributed by atoms with E-state index >= 15 is 0 Å². The number of methoxy groups -OCH3 is 1. The van der Waals surface area contributed by atoms with Crippen LogP contribution >= 0.6 is 0 Å². The molecule has 5 rings (SSSR count). The molecule has 3 nitrogen and oxygen atoms in total. The van der Waals surface area contributed by atoms with Crippen LogP contribution < -0.4 is 0 Å². The molecule has 2 aromatic rings. The predicted octanol–water partition coefficient (Wildman–Crippen LogP) is 4.34. The van der Waals surface area contributed by atoms with Gasteiger partial charge in [0, 0.05) is 30.3 Å². The van der Waals surface area contributed by atoms with Crippen molar-refractivity contribution in [3.05, 3.63) is 70.5 Å². The number of esters is 1. The van der Waals surface area contributed by atoms with Crippen LogP contribution in [0.5, 0.6) is 0 Å². The summed E-state index contributed by atoms with van der Waals surface area (Å²) >= 11 is 0. The molecule has 0 radical (unpaired) electrons. The minimum Gasteiger partial charge on any atom is -0.469 e. The van der Waals surface area contributed by atoms with E-state index in [0.29, 0.717) is 23.4 Å². The topological polar surface area (TPSA) is 29.5 Å². The van der Waals surface area contributed by atoms with Crippen molar-refractivity contribution in [2.45, 2.75) is 31.7 Å². The Morgan fingerprint density at radius 1 is 1.03 bits per heavy atom. The summed E-state index contributed by atoms with van der Waals surface area (Å²) in [6.07, 6.45) is 4.45. The number of nitrogens with zero attached hydrogens (tertiary/aromatic N) is 1. The summed E-state index contributed by atoms with van der Waals surface area (Å²) in [5.41, 5.74) is 4.44. The van der Waals surface area contributed by atoms with Crippen LogP contribution in [0.15, 0.2) is 42.5 Å². The number of carbonyl (C=O) groups is 1. The first kappa shape index (κ1) is 19.3. The maximum Gasteiger partial charge on any atom is 0.309 e. The van der Waals surface area contributed by atoms with E-state index in [9.17, 15) is 9.18 Å². The standard InChI is InChI=1S/C26H26FNO2/c1-30-26(29)25-20-8-9-21(25)16-28(15-20)24-12-10-19-13-18(7-11-23(19)24)6-5-17-3-2-4-22(27)14-17/h2-4,7,11,13-14,20-21,24-25H,8-10,12,15-16H2,1H3. The quantitative estimate of drug-likeness (QED) is 0.552. The second-order valence-corrected chi connectivity index (χ2v) is 8.83. The average molecular weight is 403 g/mol. The Morgan fingerprint density at radius 2 is 1.77 bits per heavy atom. The third-order valence-corrected chi connectivity index (χ3v) is 7.14. The lowest BCUT2D eigenvalue weighted by Crippen LogP contribution is -2.46. The van der Waals surface area contributed by atoms with E-state index in [-0.39, 0.29) is 17.7 Å². The van der Waals surface area contributed by atoms with E-state index in [0.717, 1.165) is 44.3 Å². The molecule has 1 aliphatic heterocycles. The summed E-state index contributed by atoms with van der Waals surface area (Å²) in [7, 11) is 1.51. The molecule has 2 bridgehead atoms. The van der Waals surface area contributed by atoms with Gasteiger partial charge in [0.25, 0.3) is 0 Å². The number of piperidine rings is 1. The van der Waals surface area contributed by atoms with Crippen LogP contribution in [0.4, 0.5) is 4.39 Å². The average Bonchev–Trinajstić information content (AvgIpc) is 3.29. The molecule has 30 heavy (non-hydrogen) atoms. The van der Waals surface area contributed by atoms with Gasteiger partial charge in [0.2, 0.25) is 0 Å². The van der Waals surface area contributed by atoms with Crippen molar-refractivity contribution < 1.29 is 13.9 Å². The molecule has 2 aliphatic carbocycles. The fourth-order valence-corrected chi connectivity index (χ4v) is 5.80. The highest BCUT2D eigenvalue weighted by atomic mass is 19.1. The van der Waals surface area contributed by atoms with Gasteiger partial charge in [0.15, 0.2) is 0 Å². The van der Waals surface area contributed by atoms with Gasteiger partial charge in [-0.15, -0.1) is 0 Å². The molecule has 0 spiro atoms. The predicted molar refractivity (Wildman–Crippen MR) is 113 cm³/mol. The Balaban J connectivity index is 1.32. The van der Waals surface area contributed by atoms with E-state index < -0.39 is 0 Å². The minimum absolute atomic E-state index is 0.0181. The first-order chi connectivity index (χ1) is 14.6. The number of aryl methyl sites for hydroxylation is 1. The number of rotatable bonds is 2. The first-order valence-corrected chi connectivity index (χ1v) is 10.8. The van der Waals surface area contributed by atoms with Crippen LogP contribution in [-0.2, 0) is 16.0 Å². The van der Waals surface area contributed by atoms with Crippen molar-refractivity contribution >= 4 is 5.97 Å². The smallest absolute Gasteiger partial charge is 0.309 e. The van der Waals surface area contributed by atoms with E-state index in [4.69, 9.17) is 4.74 Å². The summed E-state index contributed by atoms with van der Waals surface area (Å²) < 4.78 is 18.4. The molecule has 2 fully saturated rings. The third-order valence-electron chi connectivity index (χ3n) is 7.14. The lowest BCUT2D eigenvalue weighted by atomic mass is 9.84. The number of benzene rings is 2. The zero-order valence-corrected chi connectivity index (χ0v) is 17.2. The Bertz CT molecular complexity index is 1020. The lowest BCUT2D eigenvalue weighted by molar-refractivity contribution is -0.150. The highest BCUT2D eigenvalue weighted by molar-refractivity contribution is 5.73. The minimum atomic E-state index is -0.261. The monoisotopic (exact) mass is 403 g/mol. The molecule has 154 valence electrons. The Morgan fingerprint density at radius 3 is 2.47 bits per heavy atom. The van der Waals surface area contributed by atoms with E-state index in [2.05, 4.69) is 34.9 Å². The van der Waals surface area contributed by atoms with E-state index in [1.54, 1.807) is 6.07 Å². The first-order valence-electron chi connectivity index (χ1n) is 10.8. The fourth-order valence-electron chi connectivity index (χ4n) is 5.80. The van der Waals surface area contributed by atoms with Crippen LogP contribution in [-0.4, -0.2) is 31.1 Å². The SMILES string of the molecule is COC(=O)C1C2CCC1CN(C1CCc3cc(C#Cc4cccc(F)c4)ccc31)C2. The molecule has 4 heteroatoms. The van der Waals surface area contributed by atoms with Crippen molar-refractivity contribution in [2.75, 3.05) is 20.2 Å². The Hall–Kier alpha value is -2.64. The molecule has 1 heterocycles. The second-order valence-electron chi connectivity index (χ2n) is 8.83. The van der Waals surface area contributed by atoms with Gasteiger partial charge in [0.1, 0.15) is 5.82 Å². The number of hydrogen-bond acceptors (Lipinski definition) is 3. The van der Waals surface area contributed by atoms with Gasteiger partial charge in [0.05, 0.1) is 13.0 Å². The fraction of sp³-hybridized carbons (Fsp3) is 0.423. The van der Waals surface area contributed by atoms with E-state index in [1.165, 1.54) is 30.4 Å². The maximum absolute atomic E-state index is 13.3. The summed E-state index contributed by atoms with van der Waals surface area (Å²) in [5.74, 6) is 6.91. The number of likely N-dealkylation sites (tertiary alicyclic amines) is 1. The zero-order chi connectivity index (χ0) is 20.7. The van der Waals surface area contributed by atoms with Gasteiger partial charge in [-0.2, -0.15) is 0 Å². The summed E-state index contributed by atoms with van der Waals surface area (Å²) in [6.45, 7) is 1.98. The second kappa shape index (κ2) is 7.89. The van der Waals surface area contributed by atoms with Gasteiger partial charge in [-0.05, 0) is 79.0 Å². The normalized spacial score (nSPS) is 27.3. The molecular formula is C26H26FNO2. The third kappa shape index (κ3) is 3.52. The van der Waals surface area contributed by atoms with Crippen molar-refractivity contribution in [1.82, 2.24) is 4.90 Å². The Kier molecular flexibility index (Phi) is 5.08. The molecule has 1 saturated carbocycles. The molecule has 3 unspecified atom stereocenters. The van der Waals surface area contributed by atoms with Crippen molar-refractivity contribution in [2.24, 2.45) is 17.8 Å². The highest BCUT2D eigenvalue weighted by Crippen LogP contribution is 2.47. The Labute approximate surface area is 177 Å². The molecule has 0 aromatic heterocycles. The van der Waals surface area contributed by atoms with Gasteiger partial charge in [-0.1, -0.05) is 24.0 Å². The van der Waals surface area contributed by atoms with Crippen molar-refractivity contribution in [3.8, 4) is 11.8 Å². The van der Waals surface area contributed by atoms with Gasteiger partial charge in [-0.25, -0.2) is 4.39 Å². The molecular weight excluding hydrogens is 377 g/mol. The van der Waals surface area contributed by atoms with Gasteiger partial charge < -0.3 is 4.74 Å². The molecule has 0 N–H and O–H groups in total. The maximum atomic E-state index is 13.3. The van der Waals surface area contributed by atoms with Gasteiger partial charge >= 0.3 is 5.97 Å². The lowest BCUT2D eigenvalue weighted by Gasteiger charge is -2.40. The van der Waals surface area contributed by atoms with Crippen LogP contribution in [0, 0.1) is 35.4 Å². The number of halogens is 1. The number of fused-ring (bicyclic) bond motifs is 3. The van der Waals surface area contributed by atoms with Crippen molar-refractivity contribution in [3.63, 3.8) is 0 Å². The largest absolute Gasteiger partial charge is 0.469 e. The van der Waals surface area contributed by atoms with Gasteiger partial charge in [-0.3, -0.25) is 9.69 Å². The molecule has 3 aliphatic rings. The molecule has 1 saturated heterocycles. The molecule has 3 atom stereocenters. The number of carbonyl (C=O) groups excluding carboxylic acids is 1. The van der Waals surface area contributed by atoms with E-state index in [1.807, 2.05) is 6.07 Å². The number of hydrogen-bond donors (Lipinski definition) is 0. The number of ether oxygens (including phenoxy) is 1. The summed E-state index contributed by atoms with van der Waals surface area (Å²) in [5, 5.41) is 0. The summed E-state index contributed by atoms with van der Waals surface area (Å²) in [4.78, 5) is 14.8. The van der Waals surface area contributed by atoms with Crippen LogP contribution in [0.25, 0.3) is 0 Å². The molecule has 0 amide bonds. The van der Waals surface area contributed by atoms with Crippen LogP contribution in [0.2, 0.25) is 0 Å². The van der Waals surface area contributed by atoms with Crippen LogP contribution in [0.3, 0.4) is 0 Å². The molecule has 2 aromatic carbocycles. The van der Waals surface area contributed by atoms with Crippen molar-refractivity contribution in [1.29, 1.82) is 0 Å². The van der Waals surface area contributed by atoms with Crippen LogP contribution in [0.1, 0.15) is 47.6 Å². The highest BCUT2D eigenvalue weighted by Gasteiger charge is 2.48. The zero-order valence-electron chi connectivity index (χ0n) is 17.2. The summed E-state index contributed by atoms with van der Waals surface area (Å²) in [6, 6.07) is 13.3.